The van der Waals surface area contributed by atoms with E-state index in [9.17, 15) is 5.11 Å². The van der Waals surface area contributed by atoms with Crippen molar-refractivity contribution in [3.8, 4) is 11.5 Å². The van der Waals surface area contributed by atoms with Gasteiger partial charge in [-0.2, -0.15) is 0 Å². The zero-order chi connectivity index (χ0) is 11.5. The molecule has 1 N–H and O–H groups in total. The summed E-state index contributed by atoms with van der Waals surface area (Å²) in [6.45, 7) is 4.50. The van der Waals surface area contributed by atoms with Gasteiger partial charge in [-0.25, -0.2) is 0 Å². The zero-order valence-electron chi connectivity index (χ0n) is 9.77. The third kappa shape index (κ3) is 2.47. The van der Waals surface area contributed by atoms with E-state index in [4.69, 9.17) is 9.47 Å². The number of phenols is 1. The van der Waals surface area contributed by atoms with Crippen LogP contribution < -0.4 is 4.74 Å². The van der Waals surface area contributed by atoms with Crippen molar-refractivity contribution in [3.05, 3.63) is 23.8 Å². The van der Waals surface area contributed by atoms with Crippen molar-refractivity contribution < 1.29 is 14.6 Å². The number of phenolic OH excluding ortho intramolecular Hbond substituents is 1. The molecule has 0 aliphatic carbocycles. The molecule has 1 aromatic rings. The van der Waals surface area contributed by atoms with Gasteiger partial charge in [0.1, 0.15) is 18.1 Å². The van der Waals surface area contributed by atoms with Crippen LogP contribution in [0.15, 0.2) is 18.2 Å². The molecule has 0 spiro atoms. The predicted octanol–water partition coefficient (Wildman–Crippen LogP) is 2.65. The molecule has 16 heavy (non-hydrogen) atoms. The Hall–Kier alpha value is -1.22. The lowest BCUT2D eigenvalue weighted by atomic mass is 10.2. The van der Waals surface area contributed by atoms with Crippen molar-refractivity contribution in [3.63, 3.8) is 0 Å². The fraction of sp³-hybridized carbons (Fsp3) is 0.538. The fourth-order valence-corrected chi connectivity index (χ4v) is 1.95. The number of benzene rings is 1. The summed E-state index contributed by atoms with van der Waals surface area (Å²) in [4.78, 5) is 0. The van der Waals surface area contributed by atoms with E-state index in [-0.39, 0.29) is 11.9 Å². The van der Waals surface area contributed by atoms with Crippen molar-refractivity contribution in [2.24, 2.45) is 0 Å². The minimum absolute atomic E-state index is 0.191. The predicted molar refractivity (Wildman–Crippen MR) is 61.9 cm³/mol. The second-order valence-electron chi connectivity index (χ2n) is 4.36. The molecule has 88 valence electrons. The first-order valence-electron chi connectivity index (χ1n) is 5.73. The monoisotopic (exact) mass is 222 g/mol. The van der Waals surface area contributed by atoms with Crippen LogP contribution in [0.3, 0.4) is 0 Å². The number of aromatic hydroxyl groups is 1. The van der Waals surface area contributed by atoms with Crippen molar-refractivity contribution in [2.45, 2.75) is 38.9 Å². The molecule has 1 fully saturated rings. The summed E-state index contributed by atoms with van der Waals surface area (Å²) in [5, 5.41) is 9.52. The van der Waals surface area contributed by atoms with Gasteiger partial charge in [-0.1, -0.05) is 6.07 Å². The van der Waals surface area contributed by atoms with E-state index >= 15 is 0 Å². The summed E-state index contributed by atoms with van der Waals surface area (Å²) in [5.74, 6) is 1.02. The lowest BCUT2D eigenvalue weighted by Crippen LogP contribution is -2.18. The molecule has 0 aromatic heterocycles. The molecule has 1 aliphatic heterocycles. The Morgan fingerprint density at radius 2 is 2.25 bits per heavy atom. The van der Waals surface area contributed by atoms with E-state index in [0.29, 0.717) is 12.7 Å². The van der Waals surface area contributed by atoms with Crippen LogP contribution in [0.1, 0.15) is 25.3 Å². The first kappa shape index (κ1) is 11.3. The number of ether oxygens (including phenoxy) is 2. The molecule has 0 saturated carbocycles. The summed E-state index contributed by atoms with van der Waals surface area (Å²) >= 11 is 0. The first-order valence-corrected chi connectivity index (χ1v) is 5.73. The lowest BCUT2D eigenvalue weighted by Gasteiger charge is -2.14. The average Bonchev–Trinajstić information content (AvgIpc) is 2.67. The Labute approximate surface area is 96.0 Å². The minimum Gasteiger partial charge on any atom is -0.508 e. The zero-order valence-corrected chi connectivity index (χ0v) is 9.77. The normalized spacial score (nSPS) is 24.6. The molecule has 2 rings (SSSR count). The number of hydrogen-bond acceptors (Lipinski definition) is 3. The Morgan fingerprint density at radius 3 is 2.94 bits per heavy atom. The standard InChI is InChI=1S/C13H18O3/c1-9-6-7-11(16-9)8-15-13-5-3-4-12(14)10(13)2/h3-5,9,11,14H,6-8H2,1-2H3. The van der Waals surface area contributed by atoms with Crippen LogP contribution >= 0.6 is 0 Å². The van der Waals surface area contributed by atoms with E-state index in [1.807, 2.05) is 13.0 Å². The molecule has 3 heteroatoms. The van der Waals surface area contributed by atoms with Crippen LogP contribution in [0.25, 0.3) is 0 Å². The Kier molecular flexibility index (Phi) is 3.34. The molecular formula is C13H18O3. The Bertz CT molecular complexity index is 362. The van der Waals surface area contributed by atoms with E-state index in [1.165, 1.54) is 0 Å². The van der Waals surface area contributed by atoms with Gasteiger partial charge in [0.05, 0.1) is 12.2 Å². The molecule has 0 radical (unpaired) electrons. The van der Waals surface area contributed by atoms with E-state index in [0.717, 1.165) is 24.2 Å². The molecule has 1 saturated heterocycles. The summed E-state index contributed by atoms with van der Waals surface area (Å²) < 4.78 is 11.3. The maximum atomic E-state index is 9.52. The van der Waals surface area contributed by atoms with Gasteiger partial charge in [-0.3, -0.25) is 0 Å². The lowest BCUT2D eigenvalue weighted by molar-refractivity contribution is 0.0262. The SMILES string of the molecule is Cc1c(O)cccc1OCC1CCC(C)O1. The van der Waals surface area contributed by atoms with Crippen LogP contribution in [-0.4, -0.2) is 23.9 Å². The maximum Gasteiger partial charge on any atom is 0.126 e. The van der Waals surface area contributed by atoms with Gasteiger partial charge < -0.3 is 14.6 Å². The summed E-state index contributed by atoms with van der Waals surface area (Å²) in [5.41, 5.74) is 0.786. The van der Waals surface area contributed by atoms with E-state index < -0.39 is 0 Å². The smallest absolute Gasteiger partial charge is 0.126 e. The van der Waals surface area contributed by atoms with Crippen LogP contribution in [0.4, 0.5) is 0 Å². The molecule has 2 unspecified atom stereocenters. The average molecular weight is 222 g/mol. The van der Waals surface area contributed by atoms with E-state index in [1.54, 1.807) is 12.1 Å². The number of hydrogen-bond donors (Lipinski definition) is 1. The van der Waals surface area contributed by atoms with Gasteiger partial charge in [0, 0.05) is 5.56 Å². The minimum atomic E-state index is 0.191. The maximum absolute atomic E-state index is 9.52. The number of rotatable bonds is 3. The molecule has 2 atom stereocenters. The summed E-state index contributed by atoms with van der Waals surface area (Å²) in [6, 6.07) is 5.32. The van der Waals surface area contributed by atoms with Crippen LogP contribution in [0, 0.1) is 6.92 Å². The second-order valence-corrected chi connectivity index (χ2v) is 4.36. The van der Waals surface area contributed by atoms with Gasteiger partial charge in [0.2, 0.25) is 0 Å². The van der Waals surface area contributed by atoms with Crippen LogP contribution in [0.5, 0.6) is 11.5 Å². The van der Waals surface area contributed by atoms with E-state index in [2.05, 4.69) is 6.92 Å². The van der Waals surface area contributed by atoms with Crippen molar-refractivity contribution in [1.82, 2.24) is 0 Å². The van der Waals surface area contributed by atoms with Gasteiger partial charge in [-0.05, 0) is 38.8 Å². The molecular weight excluding hydrogens is 204 g/mol. The Morgan fingerprint density at radius 1 is 1.44 bits per heavy atom. The van der Waals surface area contributed by atoms with Crippen molar-refractivity contribution >= 4 is 0 Å². The summed E-state index contributed by atoms with van der Waals surface area (Å²) in [6.07, 6.45) is 2.70. The molecule has 0 amide bonds. The van der Waals surface area contributed by atoms with Crippen LogP contribution in [0.2, 0.25) is 0 Å². The largest absolute Gasteiger partial charge is 0.508 e. The topological polar surface area (TPSA) is 38.7 Å². The fourth-order valence-electron chi connectivity index (χ4n) is 1.95. The highest BCUT2D eigenvalue weighted by atomic mass is 16.5. The molecule has 0 bridgehead atoms. The third-order valence-corrected chi connectivity index (χ3v) is 3.00. The van der Waals surface area contributed by atoms with Crippen LogP contribution in [-0.2, 0) is 4.74 Å². The quantitative estimate of drug-likeness (QED) is 0.854. The third-order valence-electron chi connectivity index (χ3n) is 3.00. The molecule has 3 nitrogen and oxygen atoms in total. The van der Waals surface area contributed by atoms with Gasteiger partial charge in [0.15, 0.2) is 0 Å². The Balaban J connectivity index is 1.92. The molecule has 1 heterocycles. The summed E-state index contributed by atoms with van der Waals surface area (Å²) in [7, 11) is 0. The second kappa shape index (κ2) is 4.74. The molecule has 1 aliphatic rings. The van der Waals surface area contributed by atoms with Gasteiger partial charge in [0.25, 0.3) is 0 Å². The molecule has 1 aromatic carbocycles. The van der Waals surface area contributed by atoms with Gasteiger partial charge in [-0.15, -0.1) is 0 Å². The first-order chi connectivity index (χ1) is 7.66. The highest BCUT2D eigenvalue weighted by Gasteiger charge is 2.22. The van der Waals surface area contributed by atoms with Gasteiger partial charge >= 0.3 is 0 Å². The highest BCUT2D eigenvalue weighted by molar-refractivity contribution is 5.42. The van der Waals surface area contributed by atoms with Crippen molar-refractivity contribution in [2.75, 3.05) is 6.61 Å². The van der Waals surface area contributed by atoms with Crippen molar-refractivity contribution in [1.29, 1.82) is 0 Å². The highest BCUT2D eigenvalue weighted by Crippen LogP contribution is 2.27.